The number of primary sulfonamides is 1. The van der Waals surface area contributed by atoms with E-state index in [2.05, 4.69) is 11.2 Å². The van der Waals surface area contributed by atoms with Gasteiger partial charge in [-0.25, -0.2) is 22.6 Å². The first-order valence-corrected chi connectivity index (χ1v) is 10.8. The SMILES string of the molecule is N#Cc1nn(-c2cccs2)c(-c2ccc(S(N)(=O)=O)cc2)c1-c1ccc(F)cc1. The van der Waals surface area contributed by atoms with Crippen LogP contribution in [-0.4, -0.2) is 18.2 Å². The van der Waals surface area contributed by atoms with Crippen molar-refractivity contribution in [3.8, 4) is 33.5 Å². The highest BCUT2D eigenvalue weighted by Crippen LogP contribution is 2.37. The lowest BCUT2D eigenvalue weighted by Gasteiger charge is -2.10. The Kier molecular flexibility index (Phi) is 4.76. The zero-order valence-electron chi connectivity index (χ0n) is 14.8. The van der Waals surface area contributed by atoms with E-state index in [-0.39, 0.29) is 10.6 Å². The molecule has 6 nitrogen and oxygen atoms in total. The lowest BCUT2D eigenvalue weighted by atomic mass is 9.99. The number of sulfonamides is 1. The fourth-order valence-electron chi connectivity index (χ4n) is 3.01. The standard InChI is InChI=1S/C20H13FN4O2S2/c21-15-7-3-13(4-8-15)19-17(12-22)24-25(18-2-1-11-28-18)20(19)14-5-9-16(10-6-14)29(23,26)27/h1-11H,(H2,23,26,27). The quantitative estimate of drug-likeness (QED) is 0.536. The maximum Gasteiger partial charge on any atom is 0.238 e. The Balaban J connectivity index is 2.01. The molecular weight excluding hydrogens is 411 g/mol. The second kappa shape index (κ2) is 7.25. The van der Waals surface area contributed by atoms with Crippen molar-refractivity contribution < 1.29 is 12.8 Å². The van der Waals surface area contributed by atoms with Crippen LogP contribution in [0.15, 0.2) is 70.9 Å². The van der Waals surface area contributed by atoms with Crippen molar-refractivity contribution >= 4 is 21.4 Å². The first-order valence-electron chi connectivity index (χ1n) is 8.34. The highest BCUT2D eigenvalue weighted by Gasteiger charge is 2.23. The van der Waals surface area contributed by atoms with Crippen molar-refractivity contribution in [3.05, 3.63) is 77.6 Å². The Morgan fingerprint density at radius 2 is 1.69 bits per heavy atom. The van der Waals surface area contributed by atoms with Crippen molar-refractivity contribution in [2.24, 2.45) is 5.14 Å². The Hall–Kier alpha value is -3.32. The fourth-order valence-corrected chi connectivity index (χ4v) is 4.21. The monoisotopic (exact) mass is 424 g/mol. The molecule has 144 valence electrons. The summed E-state index contributed by atoms with van der Waals surface area (Å²) in [7, 11) is -3.84. The summed E-state index contributed by atoms with van der Waals surface area (Å²) in [4.78, 5) is -0.0210. The van der Waals surface area contributed by atoms with E-state index in [0.29, 0.717) is 22.4 Å². The Labute approximate surface area is 170 Å². The molecule has 0 radical (unpaired) electrons. The number of rotatable bonds is 4. The van der Waals surface area contributed by atoms with Gasteiger partial charge in [-0.05, 0) is 47.3 Å². The molecule has 0 amide bonds. The molecule has 4 rings (SSSR count). The van der Waals surface area contributed by atoms with Crippen LogP contribution in [0.4, 0.5) is 4.39 Å². The lowest BCUT2D eigenvalue weighted by Crippen LogP contribution is -2.11. The van der Waals surface area contributed by atoms with E-state index < -0.39 is 15.8 Å². The maximum atomic E-state index is 13.4. The Bertz CT molecular complexity index is 1320. The zero-order valence-corrected chi connectivity index (χ0v) is 16.4. The second-order valence-corrected chi connectivity index (χ2v) is 8.61. The molecular formula is C20H13FN4O2S2. The van der Waals surface area contributed by atoms with Crippen LogP contribution in [0.1, 0.15) is 5.69 Å². The van der Waals surface area contributed by atoms with Gasteiger partial charge in [-0.2, -0.15) is 10.4 Å². The predicted molar refractivity (Wildman–Crippen MR) is 108 cm³/mol. The molecule has 0 aliphatic rings. The minimum Gasteiger partial charge on any atom is -0.225 e. The normalized spacial score (nSPS) is 11.3. The van der Waals surface area contributed by atoms with Gasteiger partial charge in [0.05, 0.1) is 10.6 Å². The number of aromatic nitrogens is 2. The van der Waals surface area contributed by atoms with E-state index in [1.54, 1.807) is 28.9 Å². The smallest absolute Gasteiger partial charge is 0.225 e. The van der Waals surface area contributed by atoms with Gasteiger partial charge in [-0.15, -0.1) is 11.3 Å². The third-order valence-corrected chi connectivity index (χ3v) is 6.07. The van der Waals surface area contributed by atoms with Gasteiger partial charge in [0.15, 0.2) is 5.69 Å². The number of hydrogen-bond donors (Lipinski definition) is 1. The Morgan fingerprint density at radius 3 is 2.24 bits per heavy atom. The second-order valence-electron chi connectivity index (χ2n) is 6.12. The summed E-state index contributed by atoms with van der Waals surface area (Å²) in [5.41, 5.74) is 2.56. The van der Waals surface area contributed by atoms with E-state index >= 15 is 0 Å². The summed E-state index contributed by atoms with van der Waals surface area (Å²) < 4.78 is 38.2. The van der Waals surface area contributed by atoms with E-state index in [9.17, 15) is 18.1 Å². The fraction of sp³-hybridized carbons (Fsp3) is 0. The largest absolute Gasteiger partial charge is 0.238 e. The number of nitriles is 1. The molecule has 0 spiro atoms. The van der Waals surface area contributed by atoms with Gasteiger partial charge in [0.2, 0.25) is 10.0 Å². The van der Waals surface area contributed by atoms with Crippen molar-refractivity contribution in [3.63, 3.8) is 0 Å². The summed E-state index contributed by atoms with van der Waals surface area (Å²) in [5, 5.41) is 22.0. The van der Waals surface area contributed by atoms with E-state index in [1.807, 2.05) is 17.5 Å². The van der Waals surface area contributed by atoms with E-state index in [1.165, 1.54) is 35.6 Å². The molecule has 0 atom stereocenters. The highest BCUT2D eigenvalue weighted by atomic mass is 32.2. The van der Waals surface area contributed by atoms with Gasteiger partial charge in [0, 0.05) is 11.1 Å². The number of benzene rings is 2. The van der Waals surface area contributed by atoms with Gasteiger partial charge < -0.3 is 0 Å². The molecule has 2 N–H and O–H groups in total. The summed E-state index contributed by atoms with van der Waals surface area (Å²) in [6, 6.07) is 17.6. The average molecular weight is 424 g/mol. The van der Waals surface area contributed by atoms with Crippen LogP contribution in [-0.2, 0) is 10.0 Å². The van der Waals surface area contributed by atoms with Crippen molar-refractivity contribution in [1.29, 1.82) is 5.26 Å². The predicted octanol–water partition coefficient (Wildman–Crippen LogP) is 3.93. The van der Waals surface area contributed by atoms with E-state index in [0.717, 1.165) is 5.00 Å². The average Bonchev–Trinajstić information content (AvgIpc) is 3.35. The van der Waals surface area contributed by atoms with Crippen molar-refractivity contribution in [2.75, 3.05) is 0 Å². The molecule has 0 saturated heterocycles. The minimum atomic E-state index is -3.84. The highest BCUT2D eigenvalue weighted by molar-refractivity contribution is 7.89. The molecule has 9 heteroatoms. The van der Waals surface area contributed by atoms with Crippen LogP contribution in [0.3, 0.4) is 0 Å². The molecule has 0 unspecified atom stereocenters. The third-order valence-electron chi connectivity index (χ3n) is 4.30. The molecule has 2 heterocycles. The van der Waals surface area contributed by atoms with Crippen LogP contribution in [0.25, 0.3) is 27.4 Å². The van der Waals surface area contributed by atoms with Crippen molar-refractivity contribution in [2.45, 2.75) is 4.90 Å². The van der Waals surface area contributed by atoms with Crippen LogP contribution in [0.2, 0.25) is 0 Å². The maximum absolute atomic E-state index is 13.4. The van der Waals surface area contributed by atoms with Gasteiger partial charge in [-0.3, -0.25) is 0 Å². The first kappa shape index (κ1) is 19.0. The first-order chi connectivity index (χ1) is 13.9. The molecule has 0 saturated carbocycles. The molecule has 2 aromatic heterocycles. The zero-order chi connectivity index (χ0) is 20.6. The number of nitrogens with zero attached hydrogens (tertiary/aromatic N) is 3. The van der Waals surface area contributed by atoms with E-state index in [4.69, 9.17) is 5.14 Å². The Morgan fingerprint density at radius 1 is 1.03 bits per heavy atom. The molecule has 0 bridgehead atoms. The summed E-state index contributed by atoms with van der Waals surface area (Å²) in [6.07, 6.45) is 0. The van der Waals surface area contributed by atoms with Crippen LogP contribution in [0.5, 0.6) is 0 Å². The van der Waals surface area contributed by atoms with Gasteiger partial charge in [0.25, 0.3) is 0 Å². The summed E-state index contributed by atoms with van der Waals surface area (Å²) >= 11 is 1.44. The number of thiophene rings is 1. The minimum absolute atomic E-state index is 0.0210. The number of hydrogen-bond acceptors (Lipinski definition) is 5. The molecule has 2 aromatic carbocycles. The topological polar surface area (TPSA) is 102 Å². The summed E-state index contributed by atoms with van der Waals surface area (Å²) in [5.74, 6) is -0.392. The third kappa shape index (κ3) is 3.56. The molecule has 4 aromatic rings. The lowest BCUT2D eigenvalue weighted by molar-refractivity contribution is 0.598. The van der Waals surface area contributed by atoms with Crippen LogP contribution in [0, 0.1) is 17.1 Å². The molecule has 0 fully saturated rings. The van der Waals surface area contributed by atoms with Gasteiger partial charge in [-0.1, -0.05) is 24.3 Å². The molecule has 29 heavy (non-hydrogen) atoms. The van der Waals surface area contributed by atoms with Crippen LogP contribution < -0.4 is 5.14 Å². The molecule has 0 aliphatic carbocycles. The van der Waals surface area contributed by atoms with Crippen molar-refractivity contribution in [1.82, 2.24) is 9.78 Å². The van der Waals surface area contributed by atoms with Gasteiger partial charge >= 0.3 is 0 Å². The molecule has 0 aliphatic heterocycles. The number of nitrogens with two attached hydrogens (primary N) is 1. The summed E-state index contributed by atoms with van der Waals surface area (Å²) in [6.45, 7) is 0. The number of halogens is 1. The van der Waals surface area contributed by atoms with Gasteiger partial charge in [0.1, 0.15) is 16.9 Å². The van der Waals surface area contributed by atoms with Crippen LogP contribution >= 0.6 is 11.3 Å².